The van der Waals surface area contributed by atoms with E-state index in [0.29, 0.717) is 23.1 Å². The number of aromatic nitrogens is 3. The van der Waals surface area contributed by atoms with Crippen LogP contribution in [-0.2, 0) is 16.0 Å². The van der Waals surface area contributed by atoms with Gasteiger partial charge in [0.2, 0.25) is 0 Å². The molecule has 1 amide bonds. The van der Waals surface area contributed by atoms with Crippen LogP contribution in [0.3, 0.4) is 0 Å². The maximum atomic E-state index is 12.3. The zero-order valence-electron chi connectivity index (χ0n) is 12.3. The molecule has 0 atom stereocenters. The van der Waals surface area contributed by atoms with Gasteiger partial charge in [0, 0.05) is 10.8 Å². The Labute approximate surface area is 135 Å². The number of hydrogen-bond acceptors (Lipinski definition) is 6. The molecule has 0 fully saturated rings. The van der Waals surface area contributed by atoms with Gasteiger partial charge >= 0.3 is 5.97 Å². The molecule has 2 heterocycles. The van der Waals surface area contributed by atoms with Gasteiger partial charge in [-0.2, -0.15) is 5.10 Å². The van der Waals surface area contributed by atoms with Gasteiger partial charge in [-0.05, 0) is 13.0 Å². The summed E-state index contributed by atoms with van der Waals surface area (Å²) in [4.78, 5) is 27.9. The monoisotopic (exact) mass is 330 g/mol. The van der Waals surface area contributed by atoms with Crippen LogP contribution in [0.25, 0.3) is 10.9 Å². The summed E-state index contributed by atoms with van der Waals surface area (Å²) in [5.41, 5.74) is 1.66. The van der Waals surface area contributed by atoms with E-state index >= 15 is 0 Å². The van der Waals surface area contributed by atoms with Crippen LogP contribution in [0.4, 0.5) is 5.13 Å². The average Bonchev–Trinajstić information content (AvgIpc) is 3.14. The summed E-state index contributed by atoms with van der Waals surface area (Å²) in [6.45, 7) is 2.08. The molecule has 0 aliphatic rings. The molecule has 2 aromatic heterocycles. The van der Waals surface area contributed by atoms with E-state index in [4.69, 9.17) is 4.74 Å². The highest BCUT2D eigenvalue weighted by molar-refractivity contribution is 7.14. The summed E-state index contributed by atoms with van der Waals surface area (Å²) in [6, 6.07) is 7.38. The molecular weight excluding hydrogens is 316 g/mol. The Morgan fingerprint density at radius 3 is 3.00 bits per heavy atom. The first-order valence-electron chi connectivity index (χ1n) is 7.02. The number of nitrogens with zero attached hydrogens (tertiary/aromatic N) is 2. The average molecular weight is 330 g/mol. The predicted octanol–water partition coefficient (Wildman–Crippen LogP) is 2.38. The third-order valence-corrected chi connectivity index (χ3v) is 3.89. The lowest BCUT2D eigenvalue weighted by Crippen LogP contribution is -2.13. The summed E-state index contributed by atoms with van der Waals surface area (Å²) in [5.74, 6) is -0.687. The lowest BCUT2D eigenvalue weighted by atomic mass is 10.2. The van der Waals surface area contributed by atoms with Crippen LogP contribution in [0.2, 0.25) is 0 Å². The molecule has 2 N–H and O–H groups in total. The summed E-state index contributed by atoms with van der Waals surface area (Å²) < 4.78 is 4.87. The van der Waals surface area contributed by atoms with Gasteiger partial charge in [-0.3, -0.25) is 20.0 Å². The molecule has 8 heteroatoms. The Kier molecular flexibility index (Phi) is 4.33. The highest BCUT2D eigenvalue weighted by atomic mass is 32.1. The van der Waals surface area contributed by atoms with E-state index in [-0.39, 0.29) is 18.3 Å². The Bertz CT molecular complexity index is 855. The number of thiazole rings is 1. The van der Waals surface area contributed by atoms with E-state index in [0.717, 1.165) is 10.9 Å². The maximum Gasteiger partial charge on any atom is 0.311 e. The quantitative estimate of drug-likeness (QED) is 0.700. The fraction of sp³-hybridized carbons (Fsp3) is 0.200. The van der Waals surface area contributed by atoms with Gasteiger partial charge in [-0.1, -0.05) is 18.2 Å². The minimum Gasteiger partial charge on any atom is -0.466 e. The topological polar surface area (TPSA) is 97.0 Å². The van der Waals surface area contributed by atoms with Crippen molar-refractivity contribution in [1.29, 1.82) is 0 Å². The van der Waals surface area contributed by atoms with Crippen LogP contribution >= 0.6 is 11.3 Å². The van der Waals surface area contributed by atoms with Crippen molar-refractivity contribution in [2.45, 2.75) is 13.3 Å². The van der Waals surface area contributed by atoms with Crippen molar-refractivity contribution in [3.63, 3.8) is 0 Å². The maximum absolute atomic E-state index is 12.3. The number of H-pyrrole nitrogens is 1. The Balaban J connectivity index is 1.71. The van der Waals surface area contributed by atoms with Crippen molar-refractivity contribution in [1.82, 2.24) is 15.2 Å². The van der Waals surface area contributed by atoms with Crippen LogP contribution in [0.5, 0.6) is 0 Å². The van der Waals surface area contributed by atoms with Crippen molar-refractivity contribution >= 4 is 39.2 Å². The third-order valence-electron chi connectivity index (χ3n) is 3.09. The Morgan fingerprint density at radius 2 is 2.17 bits per heavy atom. The first-order valence-corrected chi connectivity index (χ1v) is 7.90. The Morgan fingerprint density at radius 1 is 1.35 bits per heavy atom. The van der Waals surface area contributed by atoms with Gasteiger partial charge in [0.05, 0.1) is 24.2 Å². The second-order valence-corrected chi connectivity index (χ2v) is 5.56. The number of para-hydroxylation sites is 1. The second-order valence-electron chi connectivity index (χ2n) is 4.70. The van der Waals surface area contributed by atoms with Gasteiger partial charge in [-0.15, -0.1) is 11.3 Å². The molecule has 3 rings (SSSR count). The molecule has 3 aromatic rings. The number of anilines is 1. The molecule has 7 nitrogen and oxygen atoms in total. The first kappa shape index (κ1) is 15.2. The molecule has 1 aromatic carbocycles. The summed E-state index contributed by atoms with van der Waals surface area (Å²) in [7, 11) is 0. The number of benzene rings is 1. The van der Waals surface area contributed by atoms with Gasteiger partial charge in [-0.25, -0.2) is 4.98 Å². The zero-order chi connectivity index (χ0) is 16.2. The molecule has 0 spiro atoms. The first-order chi connectivity index (χ1) is 11.2. The van der Waals surface area contributed by atoms with Crippen LogP contribution in [0.1, 0.15) is 23.1 Å². The molecule has 118 valence electrons. The van der Waals surface area contributed by atoms with Gasteiger partial charge in [0.1, 0.15) is 0 Å². The fourth-order valence-corrected chi connectivity index (χ4v) is 2.80. The molecular formula is C15H14N4O3S. The number of amides is 1. The summed E-state index contributed by atoms with van der Waals surface area (Å²) in [6.07, 6.45) is 0.0888. The number of ether oxygens (including phenoxy) is 1. The van der Waals surface area contributed by atoms with Gasteiger partial charge < -0.3 is 4.74 Å². The third kappa shape index (κ3) is 3.37. The van der Waals surface area contributed by atoms with Crippen LogP contribution in [0.15, 0.2) is 29.6 Å². The van der Waals surface area contributed by atoms with E-state index in [1.807, 2.05) is 24.3 Å². The minimum absolute atomic E-state index is 0.0888. The summed E-state index contributed by atoms with van der Waals surface area (Å²) >= 11 is 1.25. The highest BCUT2D eigenvalue weighted by Crippen LogP contribution is 2.19. The van der Waals surface area contributed by atoms with E-state index < -0.39 is 0 Å². The largest absolute Gasteiger partial charge is 0.466 e. The molecule has 0 bridgehead atoms. The van der Waals surface area contributed by atoms with E-state index in [1.165, 1.54) is 11.3 Å². The van der Waals surface area contributed by atoms with E-state index in [2.05, 4.69) is 20.5 Å². The van der Waals surface area contributed by atoms with Crippen molar-refractivity contribution in [2.24, 2.45) is 0 Å². The number of hydrogen-bond donors (Lipinski definition) is 2. The smallest absolute Gasteiger partial charge is 0.311 e. The van der Waals surface area contributed by atoms with Crippen molar-refractivity contribution in [3.8, 4) is 0 Å². The number of nitrogens with one attached hydrogen (secondary N) is 2. The molecule has 0 radical (unpaired) electrons. The minimum atomic E-state index is -0.348. The molecule has 0 aliphatic heterocycles. The van der Waals surface area contributed by atoms with Crippen molar-refractivity contribution in [3.05, 3.63) is 41.0 Å². The van der Waals surface area contributed by atoms with Crippen LogP contribution < -0.4 is 5.32 Å². The molecule has 0 aliphatic carbocycles. The van der Waals surface area contributed by atoms with Gasteiger partial charge in [0.25, 0.3) is 5.91 Å². The fourth-order valence-electron chi connectivity index (χ4n) is 2.10. The van der Waals surface area contributed by atoms with Crippen LogP contribution in [0, 0.1) is 0 Å². The molecule has 23 heavy (non-hydrogen) atoms. The highest BCUT2D eigenvalue weighted by Gasteiger charge is 2.16. The van der Waals surface area contributed by atoms with Crippen molar-refractivity contribution in [2.75, 3.05) is 11.9 Å². The normalized spacial score (nSPS) is 10.7. The number of aromatic amines is 1. The van der Waals surface area contributed by atoms with E-state index in [9.17, 15) is 9.59 Å². The predicted molar refractivity (Wildman–Crippen MR) is 86.5 cm³/mol. The standard InChI is InChI=1S/C15H14N4O3S/c1-2-22-12(20)7-9-8-23-15(16-9)17-14(21)13-10-5-3-4-6-11(10)18-19-13/h3-6,8H,2,7H2,1H3,(H,18,19)(H,16,17,21). The number of rotatable bonds is 5. The number of esters is 1. The van der Waals surface area contributed by atoms with Gasteiger partial charge in [0.15, 0.2) is 10.8 Å². The number of carbonyl (C=O) groups excluding carboxylic acids is 2. The second kappa shape index (κ2) is 6.57. The molecule has 0 saturated carbocycles. The SMILES string of the molecule is CCOC(=O)Cc1csc(NC(=O)c2n[nH]c3ccccc23)n1. The number of fused-ring (bicyclic) bond motifs is 1. The molecule has 0 unspecified atom stereocenters. The van der Waals surface area contributed by atoms with E-state index in [1.54, 1.807) is 12.3 Å². The number of carbonyl (C=O) groups is 2. The lowest BCUT2D eigenvalue weighted by molar-refractivity contribution is -0.142. The summed E-state index contributed by atoms with van der Waals surface area (Å²) in [5, 5.41) is 12.4. The zero-order valence-corrected chi connectivity index (χ0v) is 13.1. The molecule has 0 saturated heterocycles. The lowest BCUT2D eigenvalue weighted by Gasteiger charge is -1.99. The van der Waals surface area contributed by atoms with Crippen molar-refractivity contribution < 1.29 is 14.3 Å². The Hall–Kier alpha value is -2.74. The van der Waals surface area contributed by atoms with Crippen LogP contribution in [-0.4, -0.2) is 33.7 Å².